The summed E-state index contributed by atoms with van der Waals surface area (Å²) in [7, 11) is 3.09. The lowest BCUT2D eigenvalue weighted by molar-refractivity contribution is -0.127. The van der Waals surface area contributed by atoms with Crippen LogP contribution in [0.5, 0.6) is 17.2 Å². The number of benzene rings is 2. The van der Waals surface area contributed by atoms with Crippen LogP contribution in [0.4, 0.5) is 5.69 Å². The van der Waals surface area contributed by atoms with Crippen molar-refractivity contribution >= 4 is 28.8 Å². The van der Waals surface area contributed by atoms with E-state index in [1.54, 1.807) is 44.6 Å². The monoisotopic (exact) mass is 508 g/mol. The summed E-state index contributed by atoms with van der Waals surface area (Å²) in [6.07, 6.45) is 5.30. The molecule has 1 heterocycles. The fourth-order valence-electron chi connectivity index (χ4n) is 4.62. The molecular weight excluding hydrogens is 476 g/mol. The second kappa shape index (κ2) is 11.9. The lowest BCUT2D eigenvalue weighted by Gasteiger charge is -2.34. The Bertz CT molecular complexity index is 1130. The van der Waals surface area contributed by atoms with Gasteiger partial charge >= 0.3 is 0 Å². The second-order valence-electron chi connectivity index (χ2n) is 8.93. The number of carbonyl (C=O) groups is 2. The van der Waals surface area contributed by atoms with E-state index in [9.17, 15) is 14.7 Å². The molecule has 0 spiro atoms. The minimum Gasteiger partial charge on any atom is -0.508 e. The molecule has 0 saturated heterocycles. The van der Waals surface area contributed by atoms with Gasteiger partial charge in [0.1, 0.15) is 23.3 Å². The van der Waals surface area contributed by atoms with E-state index in [1.165, 1.54) is 34.8 Å². The number of amides is 2. The molecular formula is C28H32N2O5S. The van der Waals surface area contributed by atoms with Gasteiger partial charge in [-0.2, -0.15) is 0 Å². The Hall–Kier alpha value is -3.52. The van der Waals surface area contributed by atoms with Crippen LogP contribution >= 0.6 is 11.3 Å². The SMILES string of the molecule is COc1cc(OC)cc(N(C(=O)Cc2cccs2)[C@@H](C(=O)NC2CCCCC2)c2ccc(O)cc2)c1. The fraction of sp³-hybridized carbons (Fsp3) is 0.357. The van der Waals surface area contributed by atoms with Crippen LogP contribution in [0.25, 0.3) is 0 Å². The van der Waals surface area contributed by atoms with Crippen LogP contribution in [-0.2, 0) is 16.0 Å². The largest absolute Gasteiger partial charge is 0.508 e. The molecule has 3 aromatic rings. The predicted molar refractivity (Wildman–Crippen MR) is 141 cm³/mol. The van der Waals surface area contributed by atoms with E-state index >= 15 is 0 Å². The zero-order chi connectivity index (χ0) is 25.5. The number of nitrogens with one attached hydrogen (secondary N) is 1. The number of hydrogen-bond acceptors (Lipinski definition) is 6. The van der Waals surface area contributed by atoms with Crippen molar-refractivity contribution in [2.24, 2.45) is 0 Å². The van der Waals surface area contributed by atoms with E-state index in [2.05, 4.69) is 5.32 Å². The average molecular weight is 509 g/mol. The number of phenolic OH excluding ortho intramolecular Hbond substituents is 1. The Labute approximate surface area is 215 Å². The summed E-state index contributed by atoms with van der Waals surface area (Å²) in [6.45, 7) is 0. The van der Waals surface area contributed by atoms with Crippen LogP contribution in [-0.4, -0.2) is 37.2 Å². The van der Waals surface area contributed by atoms with Gasteiger partial charge in [0.2, 0.25) is 11.8 Å². The third-order valence-electron chi connectivity index (χ3n) is 6.46. The molecule has 2 aromatic carbocycles. The standard InChI is InChI=1S/C28H32N2O5S/c1-34-23-15-21(16-24(17-23)35-2)30(26(32)18-25-9-6-14-36-25)27(19-10-12-22(31)13-11-19)28(33)29-20-7-4-3-5-8-20/h6,9-17,20,27,31H,3-5,7-8,18H2,1-2H3,(H,29,33)/t27-/m1/s1. The molecule has 4 rings (SSSR count). The zero-order valence-corrected chi connectivity index (χ0v) is 21.4. The van der Waals surface area contributed by atoms with E-state index < -0.39 is 6.04 Å². The van der Waals surface area contributed by atoms with E-state index in [1.807, 2.05) is 17.5 Å². The summed E-state index contributed by atoms with van der Waals surface area (Å²) in [6, 6.07) is 14.6. The minimum absolute atomic E-state index is 0.0694. The van der Waals surface area contributed by atoms with Crippen LogP contribution in [0.3, 0.4) is 0 Å². The van der Waals surface area contributed by atoms with Crippen molar-refractivity contribution in [3.8, 4) is 17.2 Å². The number of thiophene rings is 1. The van der Waals surface area contributed by atoms with E-state index in [4.69, 9.17) is 9.47 Å². The number of carbonyl (C=O) groups excluding carboxylic acids is 2. The number of methoxy groups -OCH3 is 2. The quantitative estimate of drug-likeness (QED) is 0.413. The predicted octanol–water partition coefficient (Wildman–Crippen LogP) is 5.24. The van der Waals surface area contributed by atoms with Gasteiger partial charge in [0.25, 0.3) is 0 Å². The first-order valence-electron chi connectivity index (χ1n) is 12.2. The molecule has 1 aliphatic rings. The smallest absolute Gasteiger partial charge is 0.248 e. The summed E-state index contributed by atoms with van der Waals surface area (Å²) in [5.74, 6) is 0.620. The Morgan fingerprint density at radius 1 is 1.03 bits per heavy atom. The van der Waals surface area contributed by atoms with Crippen molar-refractivity contribution < 1.29 is 24.2 Å². The second-order valence-corrected chi connectivity index (χ2v) is 9.96. The van der Waals surface area contributed by atoms with Crippen LogP contribution in [0.1, 0.15) is 48.6 Å². The van der Waals surface area contributed by atoms with Crippen molar-refractivity contribution in [1.82, 2.24) is 5.32 Å². The normalized spacial score (nSPS) is 14.6. The van der Waals surface area contributed by atoms with Gasteiger partial charge in [0.05, 0.1) is 26.3 Å². The van der Waals surface area contributed by atoms with E-state index in [0.717, 1.165) is 30.6 Å². The zero-order valence-electron chi connectivity index (χ0n) is 20.6. The first-order chi connectivity index (χ1) is 17.5. The molecule has 1 aliphatic carbocycles. The van der Waals surface area contributed by atoms with E-state index in [-0.39, 0.29) is 30.0 Å². The molecule has 1 atom stereocenters. The Morgan fingerprint density at radius 3 is 2.28 bits per heavy atom. The van der Waals surface area contributed by atoms with Gasteiger partial charge < -0.3 is 19.9 Å². The minimum atomic E-state index is -0.947. The number of anilines is 1. The molecule has 1 fully saturated rings. The van der Waals surface area contributed by atoms with Gasteiger partial charge in [0.15, 0.2) is 0 Å². The first kappa shape index (κ1) is 25.6. The Kier molecular flexibility index (Phi) is 8.48. The molecule has 1 aromatic heterocycles. The molecule has 36 heavy (non-hydrogen) atoms. The topological polar surface area (TPSA) is 88.1 Å². The maximum absolute atomic E-state index is 13.9. The summed E-state index contributed by atoms with van der Waals surface area (Å²) in [5, 5.41) is 15.0. The lowest BCUT2D eigenvalue weighted by Crippen LogP contribution is -2.47. The van der Waals surface area contributed by atoms with Crippen LogP contribution in [0, 0.1) is 0 Å². The molecule has 0 aliphatic heterocycles. The number of phenols is 1. The van der Waals surface area contributed by atoms with Gasteiger partial charge in [-0.1, -0.05) is 37.5 Å². The first-order valence-corrected chi connectivity index (χ1v) is 13.0. The maximum Gasteiger partial charge on any atom is 0.248 e. The van der Waals surface area contributed by atoms with Crippen LogP contribution in [0.15, 0.2) is 60.0 Å². The number of ether oxygens (including phenoxy) is 2. The number of rotatable bonds is 9. The van der Waals surface area contributed by atoms with Gasteiger partial charge in [-0.15, -0.1) is 11.3 Å². The molecule has 7 nitrogen and oxygen atoms in total. The molecule has 1 saturated carbocycles. The highest BCUT2D eigenvalue weighted by Crippen LogP contribution is 2.35. The highest BCUT2D eigenvalue weighted by Gasteiger charge is 2.34. The Balaban J connectivity index is 1.80. The molecule has 2 amide bonds. The lowest BCUT2D eigenvalue weighted by atomic mass is 9.94. The number of nitrogens with zero attached hydrogens (tertiary/aromatic N) is 1. The number of aromatic hydroxyl groups is 1. The maximum atomic E-state index is 13.9. The van der Waals surface area contributed by atoms with Crippen molar-refractivity contribution in [2.45, 2.75) is 50.6 Å². The fourth-order valence-corrected chi connectivity index (χ4v) is 5.31. The van der Waals surface area contributed by atoms with Crippen molar-refractivity contribution in [2.75, 3.05) is 19.1 Å². The molecule has 0 unspecified atom stereocenters. The third-order valence-corrected chi connectivity index (χ3v) is 7.33. The Morgan fingerprint density at radius 2 is 1.69 bits per heavy atom. The number of hydrogen-bond donors (Lipinski definition) is 2. The molecule has 2 N–H and O–H groups in total. The molecule has 8 heteroatoms. The van der Waals surface area contributed by atoms with Crippen LogP contribution < -0.4 is 19.7 Å². The van der Waals surface area contributed by atoms with Gasteiger partial charge in [-0.25, -0.2) is 0 Å². The molecule has 190 valence electrons. The van der Waals surface area contributed by atoms with Gasteiger partial charge in [-0.3, -0.25) is 14.5 Å². The third kappa shape index (κ3) is 6.18. The summed E-state index contributed by atoms with van der Waals surface area (Å²) < 4.78 is 10.9. The van der Waals surface area contributed by atoms with Crippen molar-refractivity contribution in [3.05, 3.63) is 70.4 Å². The molecule has 0 radical (unpaired) electrons. The van der Waals surface area contributed by atoms with E-state index in [0.29, 0.717) is 22.7 Å². The van der Waals surface area contributed by atoms with Crippen molar-refractivity contribution in [3.63, 3.8) is 0 Å². The molecule has 0 bridgehead atoms. The van der Waals surface area contributed by atoms with Crippen molar-refractivity contribution in [1.29, 1.82) is 0 Å². The highest BCUT2D eigenvalue weighted by molar-refractivity contribution is 7.10. The summed E-state index contributed by atoms with van der Waals surface area (Å²) >= 11 is 1.50. The van der Waals surface area contributed by atoms with Gasteiger partial charge in [0, 0.05) is 29.1 Å². The van der Waals surface area contributed by atoms with Crippen LogP contribution in [0.2, 0.25) is 0 Å². The highest BCUT2D eigenvalue weighted by atomic mass is 32.1. The summed E-state index contributed by atoms with van der Waals surface area (Å²) in [5.41, 5.74) is 1.09. The average Bonchev–Trinajstić information content (AvgIpc) is 3.41. The van der Waals surface area contributed by atoms with Gasteiger partial charge in [-0.05, 0) is 42.0 Å². The summed E-state index contributed by atoms with van der Waals surface area (Å²) in [4.78, 5) is 30.2.